The topological polar surface area (TPSA) is 64.2 Å². The van der Waals surface area contributed by atoms with E-state index in [1.54, 1.807) is 29.2 Å². The largest absolute Gasteiger partial charge is 0.319 e. The molecule has 3 rings (SSSR count). The molecule has 120 valence electrons. The number of carbonyl (C=O) groups excluding carboxylic acids is 1. The van der Waals surface area contributed by atoms with Crippen molar-refractivity contribution in [1.82, 2.24) is 19.4 Å². The van der Waals surface area contributed by atoms with Crippen LogP contribution in [-0.4, -0.2) is 25.3 Å². The highest BCUT2D eigenvalue weighted by molar-refractivity contribution is 9.10. The van der Waals surface area contributed by atoms with Crippen LogP contribution in [-0.2, 0) is 6.54 Å². The number of fused-ring (bicyclic) bond motifs is 1. The number of rotatable bonds is 4. The van der Waals surface area contributed by atoms with Crippen LogP contribution in [0.4, 0.5) is 5.69 Å². The van der Waals surface area contributed by atoms with Gasteiger partial charge < -0.3 is 5.32 Å². The predicted octanol–water partition coefficient (Wildman–Crippen LogP) is 3.51. The molecular weight excluding hydrogens is 358 g/mol. The normalized spacial score (nSPS) is 11.3. The Balaban J connectivity index is 1.81. The maximum absolute atomic E-state index is 12.4. The van der Waals surface area contributed by atoms with Gasteiger partial charge in [0.25, 0.3) is 5.91 Å². The van der Waals surface area contributed by atoms with Gasteiger partial charge in [-0.15, -0.1) is 0 Å². The number of nitrogens with one attached hydrogen (secondary N) is 1. The maximum Gasteiger partial charge on any atom is 0.257 e. The molecule has 0 aliphatic carbocycles. The van der Waals surface area contributed by atoms with Gasteiger partial charge in [0.2, 0.25) is 0 Å². The van der Waals surface area contributed by atoms with Crippen LogP contribution in [0.3, 0.4) is 0 Å². The highest BCUT2D eigenvalue weighted by atomic mass is 79.9. The Morgan fingerprint density at radius 3 is 2.83 bits per heavy atom. The molecule has 0 aromatic carbocycles. The molecule has 0 saturated heterocycles. The van der Waals surface area contributed by atoms with Crippen molar-refractivity contribution in [3.05, 3.63) is 46.5 Å². The van der Waals surface area contributed by atoms with Crippen LogP contribution < -0.4 is 5.32 Å². The molecule has 23 heavy (non-hydrogen) atoms. The maximum atomic E-state index is 12.4. The molecule has 0 aliphatic rings. The summed E-state index contributed by atoms with van der Waals surface area (Å²) in [5.74, 6) is 0.323. The van der Waals surface area contributed by atoms with Gasteiger partial charge in [0, 0.05) is 12.7 Å². The molecule has 0 atom stereocenters. The van der Waals surface area contributed by atoms with Gasteiger partial charge in [-0.05, 0) is 40.9 Å². The number of amides is 1. The van der Waals surface area contributed by atoms with Crippen LogP contribution in [0.1, 0.15) is 29.9 Å². The van der Waals surface area contributed by atoms with Crippen LogP contribution in [0, 0.1) is 12.8 Å². The lowest BCUT2D eigenvalue weighted by Gasteiger charge is -2.09. The molecule has 0 bridgehead atoms. The lowest BCUT2D eigenvalue weighted by Crippen LogP contribution is -2.14. The van der Waals surface area contributed by atoms with Crippen molar-refractivity contribution in [2.75, 3.05) is 5.32 Å². The summed E-state index contributed by atoms with van der Waals surface area (Å²) in [4.78, 5) is 12.4. The van der Waals surface area contributed by atoms with Gasteiger partial charge in [-0.1, -0.05) is 13.8 Å². The number of hydrogen-bond acceptors (Lipinski definition) is 3. The van der Waals surface area contributed by atoms with E-state index < -0.39 is 0 Å². The Morgan fingerprint density at radius 1 is 1.30 bits per heavy atom. The number of hydrogen-bond donors (Lipinski definition) is 1. The SMILES string of the molecule is Cc1c(NC(=O)c2ccc3c(Br)cnn3c2)cnn1CC(C)C. The molecule has 1 amide bonds. The van der Waals surface area contributed by atoms with Gasteiger partial charge in [-0.2, -0.15) is 10.2 Å². The second-order valence-corrected chi connectivity index (χ2v) is 6.77. The van der Waals surface area contributed by atoms with E-state index in [1.165, 1.54) is 0 Å². The van der Waals surface area contributed by atoms with Crippen molar-refractivity contribution in [1.29, 1.82) is 0 Å². The number of aromatic nitrogens is 4. The van der Waals surface area contributed by atoms with Crippen LogP contribution in [0.15, 0.2) is 35.2 Å². The summed E-state index contributed by atoms with van der Waals surface area (Å²) in [5, 5.41) is 11.4. The lowest BCUT2D eigenvalue weighted by molar-refractivity contribution is 0.102. The molecule has 0 radical (unpaired) electrons. The second-order valence-electron chi connectivity index (χ2n) is 5.91. The fraction of sp³-hybridized carbons (Fsp3) is 0.312. The molecule has 0 aliphatic heterocycles. The Bertz CT molecular complexity index is 865. The minimum absolute atomic E-state index is 0.175. The Labute approximate surface area is 142 Å². The van der Waals surface area contributed by atoms with Gasteiger partial charge in [0.15, 0.2) is 0 Å². The van der Waals surface area contributed by atoms with Gasteiger partial charge in [0.1, 0.15) is 0 Å². The van der Waals surface area contributed by atoms with E-state index in [2.05, 4.69) is 45.3 Å². The van der Waals surface area contributed by atoms with Gasteiger partial charge in [0.05, 0.1) is 39.3 Å². The van der Waals surface area contributed by atoms with Crippen molar-refractivity contribution in [3.63, 3.8) is 0 Å². The van der Waals surface area contributed by atoms with Gasteiger partial charge in [-0.3, -0.25) is 9.48 Å². The molecular formula is C16H18BrN5O. The second kappa shape index (κ2) is 6.16. The Hall–Kier alpha value is -2.15. The highest BCUT2D eigenvalue weighted by Crippen LogP contribution is 2.19. The summed E-state index contributed by atoms with van der Waals surface area (Å²) in [5.41, 5.74) is 3.15. The summed E-state index contributed by atoms with van der Waals surface area (Å²) < 4.78 is 4.48. The van der Waals surface area contributed by atoms with Crippen molar-refractivity contribution < 1.29 is 4.79 Å². The van der Waals surface area contributed by atoms with Crippen LogP contribution in [0.5, 0.6) is 0 Å². The first kappa shape index (κ1) is 15.7. The first-order chi connectivity index (χ1) is 11.0. The fourth-order valence-corrected chi connectivity index (χ4v) is 2.79. The molecule has 6 nitrogen and oxygen atoms in total. The molecule has 0 unspecified atom stereocenters. The van der Waals surface area contributed by atoms with E-state index in [0.29, 0.717) is 11.5 Å². The summed E-state index contributed by atoms with van der Waals surface area (Å²) in [7, 11) is 0. The average Bonchev–Trinajstić information content (AvgIpc) is 3.04. The standard InChI is InChI=1S/C16H18BrN5O/c1-10(2)8-21-11(3)14(7-19-21)20-16(23)12-4-5-15-13(17)6-18-22(15)9-12/h4-7,9-10H,8H2,1-3H3,(H,20,23). The first-order valence-corrected chi connectivity index (χ1v) is 8.21. The Morgan fingerprint density at radius 2 is 2.09 bits per heavy atom. The van der Waals surface area contributed by atoms with E-state index in [4.69, 9.17) is 0 Å². The zero-order valence-corrected chi connectivity index (χ0v) is 14.8. The molecule has 0 fully saturated rings. The zero-order valence-electron chi connectivity index (χ0n) is 13.2. The molecule has 1 N–H and O–H groups in total. The highest BCUT2D eigenvalue weighted by Gasteiger charge is 2.13. The summed E-state index contributed by atoms with van der Waals surface area (Å²) in [6, 6.07) is 3.64. The zero-order chi connectivity index (χ0) is 16.6. The number of nitrogens with zero attached hydrogens (tertiary/aromatic N) is 4. The van der Waals surface area contributed by atoms with Crippen molar-refractivity contribution in [2.24, 2.45) is 5.92 Å². The van der Waals surface area contributed by atoms with E-state index in [9.17, 15) is 4.79 Å². The fourth-order valence-electron chi connectivity index (χ4n) is 2.38. The van der Waals surface area contributed by atoms with Crippen molar-refractivity contribution >= 4 is 33.0 Å². The predicted molar refractivity (Wildman–Crippen MR) is 92.6 cm³/mol. The smallest absolute Gasteiger partial charge is 0.257 e. The molecule has 3 aromatic rings. The monoisotopic (exact) mass is 375 g/mol. The van der Waals surface area contributed by atoms with Crippen LogP contribution >= 0.6 is 15.9 Å². The van der Waals surface area contributed by atoms with E-state index in [-0.39, 0.29) is 5.91 Å². The third-order valence-electron chi connectivity index (χ3n) is 3.62. The molecule has 3 heterocycles. The van der Waals surface area contributed by atoms with E-state index in [1.807, 2.05) is 17.7 Å². The summed E-state index contributed by atoms with van der Waals surface area (Å²) >= 11 is 3.42. The van der Waals surface area contributed by atoms with E-state index >= 15 is 0 Å². The first-order valence-electron chi connectivity index (χ1n) is 7.42. The number of carbonyl (C=O) groups is 1. The minimum Gasteiger partial charge on any atom is -0.319 e. The van der Waals surface area contributed by atoms with Crippen LogP contribution in [0.2, 0.25) is 0 Å². The van der Waals surface area contributed by atoms with Crippen LogP contribution in [0.25, 0.3) is 5.52 Å². The molecule has 0 spiro atoms. The third kappa shape index (κ3) is 3.14. The van der Waals surface area contributed by atoms with Crippen molar-refractivity contribution in [3.8, 4) is 0 Å². The van der Waals surface area contributed by atoms with Gasteiger partial charge in [-0.25, -0.2) is 4.52 Å². The molecule has 7 heteroatoms. The Kier molecular flexibility index (Phi) is 4.21. The summed E-state index contributed by atoms with van der Waals surface area (Å²) in [6.07, 6.45) is 5.11. The van der Waals surface area contributed by atoms with Crippen molar-refractivity contribution in [2.45, 2.75) is 27.3 Å². The van der Waals surface area contributed by atoms with Gasteiger partial charge >= 0.3 is 0 Å². The number of anilines is 1. The molecule has 0 saturated carbocycles. The summed E-state index contributed by atoms with van der Waals surface area (Å²) in [6.45, 7) is 7.06. The lowest BCUT2D eigenvalue weighted by atomic mass is 10.2. The molecule has 3 aromatic heterocycles. The minimum atomic E-state index is -0.175. The third-order valence-corrected chi connectivity index (χ3v) is 4.23. The number of halogens is 1. The average molecular weight is 376 g/mol. The van der Waals surface area contributed by atoms with E-state index in [0.717, 1.165) is 27.9 Å². The quantitative estimate of drug-likeness (QED) is 0.758. The number of pyridine rings is 1.